The topological polar surface area (TPSA) is 84.9 Å². The predicted molar refractivity (Wildman–Crippen MR) is 134 cm³/mol. The van der Waals surface area contributed by atoms with Gasteiger partial charge in [0.1, 0.15) is 12.2 Å². The number of nitrogens with zero attached hydrogens (tertiary/aromatic N) is 1. The van der Waals surface area contributed by atoms with Crippen LogP contribution < -0.4 is 19.7 Å². The summed E-state index contributed by atoms with van der Waals surface area (Å²) in [6.07, 6.45) is 1.42. The Morgan fingerprint density at radius 1 is 0.971 bits per heavy atom. The van der Waals surface area contributed by atoms with Gasteiger partial charge < -0.3 is 9.47 Å². The van der Waals surface area contributed by atoms with Crippen molar-refractivity contribution in [3.8, 4) is 11.5 Å². The molecule has 3 aromatic rings. The van der Waals surface area contributed by atoms with E-state index in [1.54, 1.807) is 37.3 Å². The minimum absolute atomic E-state index is 0.169. The highest BCUT2D eigenvalue weighted by Crippen LogP contribution is 2.31. The molecule has 1 heterocycles. The maximum Gasteiger partial charge on any atom is 0.335 e. The second kappa shape index (κ2) is 10.0. The number of hydrogen-bond donors (Lipinski definition) is 1. The van der Waals surface area contributed by atoms with Crippen LogP contribution in [-0.2, 0) is 16.2 Å². The lowest BCUT2D eigenvalue weighted by Crippen LogP contribution is -2.54. The SMILES string of the molecule is COc1cc(/C=C2\C(=O)NC(=O)N(c3cc(C)ccc3C)C2=O)ccc1OCc1ccccc1Cl. The maximum absolute atomic E-state index is 13.2. The number of imide groups is 2. The van der Waals surface area contributed by atoms with E-state index in [0.717, 1.165) is 21.6 Å². The van der Waals surface area contributed by atoms with E-state index in [1.165, 1.54) is 13.2 Å². The van der Waals surface area contributed by atoms with Crippen LogP contribution >= 0.6 is 11.6 Å². The molecule has 7 nitrogen and oxygen atoms in total. The Morgan fingerprint density at radius 3 is 2.49 bits per heavy atom. The van der Waals surface area contributed by atoms with Crippen LogP contribution in [0.15, 0.2) is 66.2 Å². The Hall–Kier alpha value is -4.10. The van der Waals surface area contributed by atoms with Crippen molar-refractivity contribution in [2.24, 2.45) is 0 Å². The van der Waals surface area contributed by atoms with Crippen LogP contribution in [0.3, 0.4) is 0 Å². The maximum atomic E-state index is 13.2. The van der Waals surface area contributed by atoms with Gasteiger partial charge >= 0.3 is 6.03 Å². The Bertz CT molecular complexity index is 1370. The highest BCUT2D eigenvalue weighted by atomic mass is 35.5. The van der Waals surface area contributed by atoms with Gasteiger partial charge in [-0.05, 0) is 60.9 Å². The van der Waals surface area contributed by atoms with Crippen molar-refractivity contribution in [1.82, 2.24) is 5.32 Å². The minimum Gasteiger partial charge on any atom is -0.493 e. The first-order valence-electron chi connectivity index (χ1n) is 10.8. The van der Waals surface area contributed by atoms with E-state index >= 15 is 0 Å². The molecule has 1 N–H and O–H groups in total. The highest BCUT2D eigenvalue weighted by Gasteiger charge is 2.37. The molecule has 35 heavy (non-hydrogen) atoms. The minimum atomic E-state index is -0.785. The summed E-state index contributed by atoms with van der Waals surface area (Å²) in [4.78, 5) is 39.3. The molecule has 0 saturated carbocycles. The van der Waals surface area contributed by atoms with Crippen molar-refractivity contribution in [3.05, 3.63) is 93.5 Å². The number of barbiturate groups is 1. The van der Waals surface area contributed by atoms with Gasteiger partial charge in [-0.15, -0.1) is 0 Å². The van der Waals surface area contributed by atoms with Gasteiger partial charge in [-0.25, -0.2) is 9.69 Å². The zero-order valence-electron chi connectivity index (χ0n) is 19.4. The third-order valence-corrected chi connectivity index (χ3v) is 5.92. The molecule has 0 spiro atoms. The van der Waals surface area contributed by atoms with Crippen molar-refractivity contribution in [1.29, 1.82) is 0 Å². The number of benzene rings is 3. The van der Waals surface area contributed by atoms with Crippen molar-refractivity contribution >= 4 is 41.2 Å². The smallest absolute Gasteiger partial charge is 0.335 e. The number of nitrogens with one attached hydrogen (secondary N) is 1. The molecule has 3 aromatic carbocycles. The summed E-state index contributed by atoms with van der Waals surface area (Å²) < 4.78 is 11.3. The number of urea groups is 1. The summed E-state index contributed by atoms with van der Waals surface area (Å²) in [6, 6.07) is 17.0. The summed E-state index contributed by atoms with van der Waals surface area (Å²) in [6.45, 7) is 3.89. The van der Waals surface area contributed by atoms with Crippen molar-refractivity contribution in [2.45, 2.75) is 20.5 Å². The van der Waals surface area contributed by atoms with Crippen LogP contribution in [0.5, 0.6) is 11.5 Å². The number of ether oxygens (including phenoxy) is 2. The summed E-state index contributed by atoms with van der Waals surface area (Å²) in [7, 11) is 1.49. The van der Waals surface area contributed by atoms with Gasteiger partial charge in [-0.3, -0.25) is 14.9 Å². The number of methoxy groups -OCH3 is 1. The number of halogens is 1. The van der Waals surface area contributed by atoms with Gasteiger partial charge in [0.05, 0.1) is 12.8 Å². The number of carbonyl (C=O) groups is 3. The Labute approximate surface area is 207 Å². The number of hydrogen-bond acceptors (Lipinski definition) is 5. The fourth-order valence-electron chi connectivity index (χ4n) is 3.67. The van der Waals surface area contributed by atoms with Crippen molar-refractivity contribution in [2.75, 3.05) is 12.0 Å². The van der Waals surface area contributed by atoms with Crippen LogP contribution in [0.1, 0.15) is 22.3 Å². The molecule has 8 heteroatoms. The second-order valence-corrected chi connectivity index (χ2v) is 8.45. The number of amides is 4. The van der Waals surface area contributed by atoms with Crippen LogP contribution in [-0.4, -0.2) is 25.0 Å². The molecule has 0 bridgehead atoms. The third-order valence-electron chi connectivity index (χ3n) is 5.55. The first kappa shape index (κ1) is 24.0. The predicted octanol–water partition coefficient (Wildman–Crippen LogP) is 5.21. The number of aryl methyl sites for hydroxylation is 2. The third kappa shape index (κ3) is 5.05. The van der Waals surface area contributed by atoms with Gasteiger partial charge in [-0.1, -0.05) is 48.0 Å². The monoisotopic (exact) mass is 490 g/mol. The number of carbonyl (C=O) groups excluding carboxylic acids is 3. The van der Waals surface area contributed by atoms with E-state index < -0.39 is 17.8 Å². The fourth-order valence-corrected chi connectivity index (χ4v) is 3.86. The molecule has 1 fully saturated rings. The van der Waals surface area contributed by atoms with E-state index in [4.69, 9.17) is 21.1 Å². The van der Waals surface area contributed by atoms with Crippen LogP contribution in [0.4, 0.5) is 10.5 Å². The summed E-state index contributed by atoms with van der Waals surface area (Å²) in [5.41, 5.74) is 3.22. The fraction of sp³-hybridized carbons (Fsp3) is 0.148. The molecular weight excluding hydrogens is 468 g/mol. The van der Waals surface area contributed by atoms with E-state index in [0.29, 0.717) is 27.8 Å². The van der Waals surface area contributed by atoms with Crippen LogP contribution in [0.25, 0.3) is 6.08 Å². The van der Waals surface area contributed by atoms with E-state index in [-0.39, 0.29) is 12.2 Å². The Kier molecular flexibility index (Phi) is 6.89. The second-order valence-electron chi connectivity index (χ2n) is 8.04. The van der Waals surface area contributed by atoms with E-state index in [9.17, 15) is 14.4 Å². The molecule has 1 aliphatic heterocycles. The van der Waals surface area contributed by atoms with Gasteiger partial charge in [0.25, 0.3) is 11.8 Å². The molecular formula is C27H23ClN2O5. The first-order chi connectivity index (χ1) is 16.8. The average Bonchev–Trinajstić information content (AvgIpc) is 2.83. The molecule has 4 rings (SSSR count). The van der Waals surface area contributed by atoms with Crippen LogP contribution in [0, 0.1) is 13.8 Å². The van der Waals surface area contributed by atoms with Crippen molar-refractivity contribution < 1.29 is 23.9 Å². The molecule has 0 aromatic heterocycles. The molecule has 0 atom stereocenters. The van der Waals surface area contributed by atoms with Gasteiger partial charge in [0, 0.05) is 10.6 Å². The Morgan fingerprint density at radius 2 is 1.74 bits per heavy atom. The van der Waals surface area contributed by atoms with Gasteiger partial charge in [-0.2, -0.15) is 0 Å². The van der Waals surface area contributed by atoms with Gasteiger partial charge in [0.15, 0.2) is 11.5 Å². The number of rotatable bonds is 6. The van der Waals surface area contributed by atoms with Crippen LogP contribution in [0.2, 0.25) is 5.02 Å². The summed E-state index contributed by atoms with van der Waals surface area (Å²) in [5.74, 6) is -0.580. The molecule has 1 saturated heterocycles. The average molecular weight is 491 g/mol. The lowest BCUT2D eigenvalue weighted by Gasteiger charge is -2.27. The quantitative estimate of drug-likeness (QED) is 0.378. The largest absolute Gasteiger partial charge is 0.493 e. The summed E-state index contributed by atoms with van der Waals surface area (Å²) >= 11 is 6.19. The summed E-state index contributed by atoms with van der Waals surface area (Å²) in [5, 5.41) is 2.84. The highest BCUT2D eigenvalue weighted by molar-refractivity contribution is 6.39. The molecule has 0 aliphatic carbocycles. The first-order valence-corrected chi connectivity index (χ1v) is 11.2. The lowest BCUT2D eigenvalue weighted by atomic mass is 10.0. The Balaban J connectivity index is 1.62. The molecule has 178 valence electrons. The zero-order chi connectivity index (χ0) is 25.1. The molecule has 4 amide bonds. The standard InChI is InChI=1S/C27H23ClN2O5/c1-16-8-9-17(2)22(12-16)30-26(32)20(25(31)29-27(30)33)13-18-10-11-23(24(14-18)34-3)35-15-19-6-4-5-7-21(19)28/h4-14H,15H2,1-3H3,(H,29,31,33)/b20-13+. The van der Waals surface area contributed by atoms with E-state index in [2.05, 4.69) is 5.32 Å². The van der Waals surface area contributed by atoms with Gasteiger partial charge in [0.2, 0.25) is 0 Å². The lowest BCUT2D eigenvalue weighted by molar-refractivity contribution is -0.122. The molecule has 0 unspecified atom stereocenters. The number of anilines is 1. The van der Waals surface area contributed by atoms with Crippen molar-refractivity contribution in [3.63, 3.8) is 0 Å². The zero-order valence-corrected chi connectivity index (χ0v) is 20.2. The molecule has 1 aliphatic rings. The molecule has 0 radical (unpaired) electrons. The normalized spacial score (nSPS) is 14.8. The van der Waals surface area contributed by atoms with E-state index in [1.807, 2.05) is 37.3 Å².